The maximum Gasteiger partial charge on any atom is 0.124 e. The van der Waals surface area contributed by atoms with Crippen molar-refractivity contribution in [3.63, 3.8) is 0 Å². The monoisotopic (exact) mass is 167 g/mol. The molecule has 2 rings (SSSR count). The molecule has 0 atom stereocenters. The maximum atomic E-state index is 12.7. The van der Waals surface area contributed by atoms with Gasteiger partial charge < -0.3 is 10.1 Å². The van der Waals surface area contributed by atoms with Crippen LogP contribution in [0.2, 0.25) is 0 Å². The SMILES string of the molecule is Fc1ccc2c(c1)CNCCO2. The lowest BCUT2D eigenvalue weighted by atomic mass is 10.2. The Labute approximate surface area is 70.3 Å². The van der Waals surface area contributed by atoms with Crippen LogP contribution in [0.25, 0.3) is 0 Å². The average Bonchev–Trinajstić information content (AvgIpc) is 2.28. The molecule has 0 saturated carbocycles. The molecular formula is C9H10FNO. The minimum atomic E-state index is -0.207. The van der Waals surface area contributed by atoms with Crippen LogP contribution in [-0.2, 0) is 6.54 Å². The molecule has 1 aliphatic rings. The first-order valence-corrected chi connectivity index (χ1v) is 3.98. The number of rotatable bonds is 0. The van der Waals surface area contributed by atoms with Crippen molar-refractivity contribution in [3.05, 3.63) is 29.6 Å². The van der Waals surface area contributed by atoms with Crippen LogP contribution < -0.4 is 10.1 Å². The number of hydrogen-bond acceptors (Lipinski definition) is 2. The molecule has 1 heterocycles. The van der Waals surface area contributed by atoms with Gasteiger partial charge in [-0.3, -0.25) is 0 Å². The van der Waals surface area contributed by atoms with Crippen LogP contribution in [0.3, 0.4) is 0 Å². The molecule has 12 heavy (non-hydrogen) atoms. The molecule has 0 aliphatic carbocycles. The topological polar surface area (TPSA) is 21.3 Å². The highest BCUT2D eigenvalue weighted by molar-refractivity contribution is 5.34. The summed E-state index contributed by atoms with van der Waals surface area (Å²) in [7, 11) is 0. The normalized spacial score (nSPS) is 16.1. The second kappa shape index (κ2) is 3.11. The molecule has 2 nitrogen and oxygen atoms in total. The second-order valence-corrected chi connectivity index (χ2v) is 2.78. The molecule has 0 amide bonds. The van der Waals surface area contributed by atoms with Crippen molar-refractivity contribution in [1.29, 1.82) is 0 Å². The predicted octanol–water partition coefficient (Wildman–Crippen LogP) is 1.31. The standard InChI is InChI=1S/C9H10FNO/c10-8-1-2-9-7(5-8)6-11-3-4-12-9/h1-2,5,11H,3-4,6H2. The van der Waals surface area contributed by atoms with Gasteiger partial charge in [-0.15, -0.1) is 0 Å². The fourth-order valence-corrected chi connectivity index (χ4v) is 1.28. The van der Waals surface area contributed by atoms with E-state index in [1.807, 2.05) is 0 Å². The van der Waals surface area contributed by atoms with E-state index in [0.29, 0.717) is 13.2 Å². The largest absolute Gasteiger partial charge is 0.492 e. The summed E-state index contributed by atoms with van der Waals surface area (Å²) in [5, 5.41) is 3.14. The summed E-state index contributed by atoms with van der Waals surface area (Å²) in [6, 6.07) is 4.61. The van der Waals surface area contributed by atoms with Gasteiger partial charge in [0, 0.05) is 18.7 Å². The summed E-state index contributed by atoms with van der Waals surface area (Å²) in [6.45, 7) is 2.15. The van der Waals surface area contributed by atoms with Gasteiger partial charge in [0.25, 0.3) is 0 Å². The third-order valence-electron chi connectivity index (χ3n) is 1.87. The molecule has 3 heteroatoms. The average molecular weight is 167 g/mol. The fraction of sp³-hybridized carbons (Fsp3) is 0.333. The van der Waals surface area contributed by atoms with Gasteiger partial charge in [-0.25, -0.2) is 4.39 Å². The van der Waals surface area contributed by atoms with Crippen molar-refractivity contribution in [2.24, 2.45) is 0 Å². The number of benzene rings is 1. The Hall–Kier alpha value is -1.09. The van der Waals surface area contributed by atoms with Crippen LogP contribution in [0.15, 0.2) is 18.2 Å². The molecular weight excluding hydrogens is 157 g/mol. The molecule has 1 aliphatic heterocycles. The first-order valence-electron chi connectivity index (χ1n) is 3.98. The number of halogens is 1. The van der Waals surface area contributed by atoms with Crippen molar-refractivity contribution >= 4 is 0 Å². The quantitative estimate of drug-likeness (QED) is 0.629. The lowest BCUT2D eigenvalue weighted by Crippen LogP contribution is -2.16. The lowest BCUT2D eigenvalue weighted by Gasteiger charge is -2.04. The van der Waals surface area contributed by atoms with E-state index in [0.717, 1.165) is 17.9 Å². The third-order valence-corrected chi connectivity index (χ3v) is 1.87. The van der Waals surface area contributed by atoms with Crippen molar-refractivity contribution in [3.8, 4) is 5.75 Å². The fourth-order valence-electron chi connectivity index (χ4n) is 1.28. The molecule has 1 aromatic carbocycles. The summed E-state index contributed by atoms with van der Waals surface area (Å²) < 4.78 is 18.1. The van der Waals surface area contributed by atoms with E-state index in [2.05, 4.69) is 5.32 Å². The zero-order valence-electron chi connectivity index (χ0n) is 6.64. The van der Waals surface area contributed by atoms with E-state index in [9.17, 15) is 4.39 Å². The van der Waals surface area contributed by atoms with Gasteiger partial charge in [-0.2, -0.15) is 0 Å². The zero-order valence-corrected chi connectivity index (χ0v) is 6.64. The van der Waals surface area contributed by atoms with Crippen LogP contribution in [-0.4, -0.2) is 13.2 Å². The smallest absolute Gasteiger partial charge is 0.124 e. The molecule has 0 fully saturated rings. The predicted molar refractivity (Wildman–Crippen MR) is 43.6 cm³/mol. The van der Waals surface area contributed by atoms with Crippen molar-refractivity contribution in [2.75, 3.05) is 13.2 Å². The lowest BCUT2D eigenvalue weighted by molar-refractivity contribution is 0.325. The van der Waals surface area contributed by atoms with Crippen LogP contribution in [0.5, 0.6) is 5.75 Å². The minimum Gasteiger partial charge on any atom is -0.492 e. The van der Waals surface area contributed by atoms with Crippen molar-refractivity contribution < 1.29 is 9.13 Å². The van der Waals surface area contributed by atoms with Gasteiger partial charge in [-0.1, -0.05) is 0 Å². The van der Waals surface area contributed by atoms with Gasteiger partial charge in [0.2, 0.25) is 0 Å². The molecule has 0 radical (unpaired) electrons. The second-order valence-electron chi connectivity index (χ2n) is 2.78. The number of ether oxygens (including phenoxy) is 1. The third kappa shape index (κ3) is 1.41. The first kappa shape index (κ1) is 7.55. The van der Waals surface area contributed by atoms with Crippen molar-refractivity contribution in [2.45, 2.75) is 6.54 Å². The Balaban J connectivity index is 2.36. The Kier molecular flexibility index (Phi) is 1.96. The Morgan fingerprint density at radius 3 is 3.25 bits per heavy atom. The van der Waals surface area contributed by atoms with E-state index in [-0.39, 0.29) is 5.82 Å². The summed E-state index contributed by atoms with van der Waals surface area (Å²) in [4.78, 5) is 0. The molecule has 1 N–H and O–H groups in total. The highest BCUT2D eigenvalue weighted by Gasteiger charge is 2.08. The number of hydrogen-bond donors (Lipinski definition) is 1. The summed E-state index contributed by atoms with van der Waals surface area (Å²) >= 11 is 0. The van der Waals surface area contributed by atoms with Gasteiger partial charge in [0.1, 0.15) is 18.2 Å². The van der Waals surface area contributed by atoms with Gasteiger partial charge in [0.05, 0.1) is 0 Å². The molecule has 64 valence electrons. The summed E-state index contributed by atoms with van der Waals surface area (Å²) in [5.74, 6) is 0.586. The molecule has 1 aromatic rings. The maximum absolute atomic E-state index is 12.7. The van der Waals surface area contributed by atoms with Gasteiger partial charge >= 0.3 is 0 Å². The van der Waals surface area contributed by atoms with Crippen molar-refractivity contribution in [1.82, 2.24) is 5.32 Å². The highest BCUT2D eigenvalue weighted by Crippen LogP contribution is 2.20. The van der Waals surface area contributed by atoms with Crippen LogP contribution in [0, 0.1) is 5.82 Å². The molecule has 0 saturated heterocycles. The van der Waals surface area contributed by atoms with E-state index in [4.69, 9.17) is 4.74 Å². The minimum absolute atomic E-state index is 0.207. The van der Waals surface area contributed by atoms with Crippen LogP contribution in [0.4, 0.5) is 4.39 Å². The number of nitrogens with one attached hydrogen (secondary N) is 1. The molecule has 0 aromatic heterocycles. The first-order chi connectivity index (χ1) is 5.86. The Morgan fingerprint density at radius 2 is 2.33 bits per heavy atom. The number of fused-ring (bicyclic) bond motifs is 1. The van der Waals surface area contributed by atoms with Crippen LogP contribution in [0.1, 0.15) is 5.56 Å². The van der Waals surface area contributed by atoms with E-state index in [1.165, 1.54) is 12.1 Å². The van der Waals surface area contributed by atoms with E-state index < -0.39 is 0 Å². The molecule has 0 unspecified atom stereocenters. The van der Waals surface area contributed by atoms with Gasteiger partial charge in [-0.05, 0) is 18.2 Å². The highest BCUT2D eigenvalue weighted by atomic mass is 19.1. The van der Waals surface area contributed by atoms with Crippen LogP contribution >= 0.6 is 0 Å². The van der Waals surface area contributed by atoms with Gasteiger partial charge in [0.15, 0.2) is 0 Å². The molecule has 0 bridgehead atoms. The van der Waals surface area contributed by atoms with E-state index in [1.54, 1.807) is 6.07 Å². The summed E-state index contributed by atoms with van der Waals surface area (Å²) in [6.07, 6.45) is 0. The Morgan fingerprint density at radius 1 is 1.42 bits per heavy atom. The summed E-state index contributed by atoms with van der Waals surface area (Å²) in [5.41, 5.74) is 0.896. The Bertz CT molecular complexity index is 288. The molecule has 0 spiro atoms. The zero-order chi connectivity index (χ0) is 8.39. The van der Waals surface area contributed by atoms with E-state index >= 15 is 0 Å².